The van der Waals surface area contributed by atoms with Crippen LogP contribution >= 0.6 is 22.8 Å². The second kappa shape index (κ2) is 4.72. The summed E-state index contributed by atoms with van der Waals surface area (Å²) in [5, 5.41) is 0. The topological polar surface area (TPSA) is 0 Å². The molecule has 0 aliphatic heterocycles. The second-order valence-electron chi connectivity index (χ2n) is 3.30. The van der Waals surface area contributed by atoms with Crippen LogP contribution in [-0.4, -0.2) is 5.66 Å². The Kier molecular flexibility index (Phi) is 4.25. The van der Waals surface area contributed by atoms with E-state index in [9.17, 15) is 0 Å². The molecule has 0 nitrogen and oxygen atoms in total. The predicted molar refractivity (Wildman–Crippen MR) is 53.3 cm³/mol. The van der Waals surface area contributed by atoms with Crippen molar-refractivity contribution in [2.45, 2.75) is 44.7 Å². The summed E-state index contributed by atoms with van der Waals surface area (Å²) >= 11 is 3.58. The van der Waals surface area contributed by atoms with Crippen molar-refractivity contribution in [1.29, 1.82) is 0 Å². The number of hydrogen-bond donors (Lipinski definition) is 0. The minimum Gasteiger partial charge on any atom is -0.0639 e. The zero-order valence-corrected chi connectivity index (χ0v) is 9.15. The van der Waals surface area contributed by atoms with Crippen molar-refractivity contribution in [1.82, 2.24) is 0 Å². The molecule has 1 saturated carbocycles. The highest BCUT2D eigenvalue weighted by molar-refractivity contribution is 9.36. The maximum atomic E-state index is 3.58. The average Bonchev–Trinajstić information content (AvgIpc) is 2.05. The molecule has 0 amide bonds. The molecule has 2 heteroatoms. The molecule has 1 aliphatic rings. The van der Waals surface area contributed by atoms with Gasteiger partial charge in [0, 0.05) is 0 Å². The van der Waals surface area contributed by atoms with E-state index in [-0.39, 0.29) is 0 Å². The molecule has 2 unspecified atom stereocenters. The van der Waals surface area contributed by atoms with Gasteiger partial charge >= 0.3 is 0 Å². The molecule has 0 aromatic carbocycles. The quantitative estimate of drug-likeness (QED) is 0.622. The van der Waals surface area contributed by atoms with Crippen LogP contribution in [0.3, 0.4) is 0 Å². The van der Waals surface area contributed by atoms with E-state index >= 15 is 0 Å². The fourth-order valence-electron chi connectivity index (χ4n) is 1.72. The summed E-state index contributed by atoms with van der Waals surface area (Å²) in [6.07, 6.45) is 7.41. The SMILES string of the molecule is CC(PBr)C1CCCCC1. The molecule has 2 atom stereocenters. The van der Waals surface area contributed by atoms with Crippen molar-refractivity contribution < 1.29 is 0 Å². The molecule has 0 aromatic rings. The highest BCUT2D eigenvalue weighted by atomic mass is 79.9. The summed E-state index contributed by atoms with van der Waals surface area (Å²) in [5.41, 5.74) is 0.931. The standard InChI is InChI=1S/C8H16BrP/c1-7(10-9)8-5-3-2-4-6-8/h7-8,10H,2-6H2,1H3. The summed E-state index contributed by atoms with van der Waals surface area (Å²) in [5.74, 6) is 1.03. The van der Waals surface area contributed by atoms with Gasteiger partial charge in [-0.05, 0) is 31.7 Å². The third-order valence-electron chi connectivity index (χ3n) is 2.53. The first-order valence-corrected chi connectivity index (χ1v) is 7.54. The van der Waals surface area contributed by atoms with Gasteiger partial charge in [-0.3, -0.25) is 0 Å². The van der Waals surface area contributed by atoms with Crippen molar-refractivity contribution in [3.05, 3.63) is 0 Å². The third kappa shape index (κ3) is 2.51. The largest absolute Gasteiger partial charge is 0.0639 e. The minimum atomic E-state index is 0.931. The monoisotopic (exact) mass is 222 g/mol. The molecule has 0 N–H and O–H groups in total. The summed E-state index contributed by atoms with van der Waals surface area (Å²) in [6, 6.07) is 0. The Morgan fingerprint density at radius 3 is 2.40 bits per heavy atom. The van der Waals surface area contributed by atoms with E-state index in [0.717, 1.165) is 18.9 Å². The van der Waals surface area contributed by atoms with Crippen LogP contribution in [-0.2, 0) is 0 Å². The Hall–Kier alpha value is 0.910. The van der Waals surface area contributed by atoms with Gasteiger partial charge in [-0.2, -0.15) is 0 Å². The van der Waals surface area contributed by atoms with Crippen LogP contribution in [0, 0.1) is 5.92 Å². The van der Waals surface area contributed by atoms with Gasteiger partial charge in [0.2, 0.25) is 0 Å². The van der Waals surface area contributed by atoms with Gasteiger partial charge in [-0.25, -0.2) is 0 Å². The average molecular weight is 223 g/mol. The van der Waals surface area contributed by atoms with Gasteiger partial charge in [-0.15, -0.1) is 0 Å². The van der Waals surface area contributed by atoms with Crippen molar-refractivity contribution >= 4 is 22.8 Å². The first-order valence-electron chi connectivity index (χ1n) is 4.20. The Morgan fingerprint density at radius 1 is 1.30 bits per heavy atom. The van der Waals surface area contributed by atoms with Crippen molar-refractivity contribution in [3.8, 4) is 0 Å². The molecule has 10 heavy (non-hydrogen) atoms. The predicted octanol–water partition coefficient (Wildman–Crippen LogP) is 3.94. The van der Waals surface area contributed by atoms with E-state index in [2.05, 4.69) is 22.4 Å². The fourth-order valence-corrected chi connectivity index (χ4v) is 3.36. The van der Waals surface area contributed by atoms with Gasteiger partial charge in [0.15, 0.2) is 0 Å². The molecule has 1 rings (SSSR count). The molecule has 0 saturated heterocycles. The summed E-state index contributed by atoms with van der Waals surface area (Å²) in [4.78, 5) is 0. The maximum absolute atomic E-state index is 3.58. The van der Waals surface area contributed by atoms with Gasteiger partial charge < -0.3 is 0 Å². The van der Waals surface area contributed by atoms with E-state index in [1.54, 1.807) is 0 Å². The van der Waals surface area contributed by atoms with Crippen LogP contribution in [0.4, 0.5) is 0 Å². The third-order valence-corrected chi connectivity index (χ3v) is 5.51. The fraction of sp³-hybridized carbons (Fsp3) is 1.00. The first kappa shape index (κ1) is 9.00. The highest BCUT2D eigenvalue weighted by Gasteiger charge is 2.18. The molecular formula is C8H16BrP. The van der Waals surface area contributed by atoms with Crippen LogP contribution in [0.1, 0.15) is 39.0 Å². The van der Waals surface area contributed by atoms with E-state index in [1.165, 1.54) is 32.1 Å². The Labute approximate surface area is 73.7 Å². The zero-order chi connectivity index (χ0) is 7.40. The van der Waals surface area contributed by atoms with Crippen LogP contribution in [0.2, 0.25) is 0 Å². The summed E-state index contributed by atoms with van der Waals surface area (Å²) in [6.45, 7) is 2.38. The van der Waals surface area contributed by atoms with Crippen LogP contribution in [0.25, 0.3) is 0 Å². The molecular weight excluding hydrogens is 207 g/mol. The second-order valence-corrected chi connectivity index (χ2v) is 5.80. The molecule has 0 radical (unpaired) electrons. The Balaban J connectivity index is 2.24. The van der Waals surface area contributed by atoms with Gasteiger partial charge in [-0.1, -0.05) is 41.7 Å². The lowest BCUT2D eigenvalue weighted by atomic mass is 9.87. The minimum absolute atomic E-state index is 0.931. The number of halogens is 1. The number of hydrogen-bond acceptors (Lipinski definition) is 0. The molecule has 1 fully saturated rings. The molecule has 0 spiro atoms. The van der Waals surface area contributed by atoms with E-state index in [0.29, 0.717) is 0 Å². The highest BCUT2D eigenvalue weighted by Crippen LogP contribution is 2.38. The summed E-state index contributed by atoms with van der Waals surface area (Å²) < 4.78 is 0. The first-order chi connectivity index (χ1) is 4.84. The molecule has 0 heterocycles. The maximum Gasteiger partial charge on any atom is -0.0138 e. The van der Waals surface area contributed by atoms with Crippen LogP contribution < -0.4 is 0 Å². The lowest BCUT2D eigenvalue weighted by Crippen LogP contribution is -2.15. The lowest BCUT2D eigenvalue weighted by molar-refractivity contribution is 0.356. The normalized spacial score (nSPS) is 25.8. The summed E-state index contributed by atoms with van der Waals surface area (Å²) in [7, 11) is 0.975. The van der Waals surface area contributed by atoms with Crippen LogP contribution in [0.5, 0.6) is 0 Å². The number of rotatable bonds is 2. The molecule has 0 bridgehead atoms. The van der Waals surface area contributed by atoms with E-state index in [4.69, 9.17) is 0 Å². The lowest BCUT2D eigenvalue weighted by Gasteiger charge is -2.25. The van der Waals surface area contributed by atoms with Crippen LogP contribution in [0.15, 0.2) is 0 Å². The van der Waals surface area contributed by atoms with Crippen molar-refractivity contribution in [2.24, 2.45) is 5.92 Å². The van der Waals surface area contributed by atoms with E-state index < -0.39 is 0 Å². The van der Waals surface area contributed by atoms with Crippen molar-refractivity contribution in [2.75, 3.05) is 0 Å². The zero-order valence-electron chi connectivity index (χ0n) is 6.57. The van der Waals surface area contributed by atoms with Crippen molar-refractivity contribution in [3.63, 3.8) is 0 Å². The van der Waals surface area contributed by atoms with E-state index in [1.807, 2.05) is 0 Å². The Bertz CT molecular complexity index is 89.3. The van der Waals surface area contributed by atoms with Gasteiger partial charge in [0.1, 0.15) is 0 Å². The molecule has 60 valence electrons. The van der Waals surface area contributed by atoms with Gasteiger partial charge in [0.25, 0.3) is 0 Å². The molecule has 0 aromatic heterocycles. The molecule has 1 aliphatic carbocycles. The Morgan fingerprint density at radius 2 is 1.90 bits per heavy atom. The van der Waals surface area contributed by atoms with Gasteiger partial charge in [0.05, 0.1) is 0 Å². The smallest absolute Gasteiger partial charge is 0.0138 e.